The number of ether oxygens (including phenoxy) is 2. The largest absolute Gasteiger partial charge is 0.493 e. The van der Waals surface area contributed by atoms with E-state index in [-0.39, 0.29) is 12.5 Å². The summed E-state index contributed by atoms with van der Waals surface area (Å²) in [5.41, 5.74) is 5.79. The second-order valence-electron chi connectivity index (χ2n) is 9.99. The molecule has 2 aliphatic heterocycles. The zero-order valence-electron chi connectivity index (χ0n) is 21.8. The van der Waals surface area contributed by atoms with E-state index in [1.54, 1.807) is 13.2 Å². The summed E-state index contributed by atoms with van der Waals surface area (Å²) in [5.74, 6) is 2.15. The van der Waals surface area contributed by atoms with Gasteiger partial charge in [-0.25, -0.2) is 9.97 Å². The third-order valence-corrected chi connectivity index (χ3v) is 7.63. The molecular weight excluding hydrogens is 516 g/mol. The maximum Gasteiger partial charge on any atom is 0.257 e. The first-order valence-corrected chi connectivity index (χ1v) is 13.6. The number of imidazole rings is 1. The Morgan fingerprint density at radius 2 is 2.03 bits per heavy atom. The first-order chi connectivity index (χ1) is 19.1. The summed E-state index contributed by atoms with van der Waals surface area (Å²) < 4.78 is 11.1. The van der Waals surface area contributed by atoms with Crippen LogP contribution in [0.3, 0.4) is 0 Å². The fraction of sp³-hybridized carbons (Fsp3) is 0.345. The minimum atomic E-state index is -0.181. The number of benzene rings is 2. The van der Waals surface area contributed by atoms with Gasteiger partial charge in [0.1, 0.15) is 22.8 Å². The quantitative estimate of drug-likeness (QED) is 0.300. The summed E-state index contributed by atoms with van der Waals surface area (Å²) >= 11 is 6.61. The van der Waals surface area contributed by atoms with Gasteiger partial charge >= 0.3 is 0 Å². The summed E-state index contributed by atoms with van der Waals surface area (Å²) in [5, 5.41) is 6.78. The number of hydrogen-bond acceptors (Lipinski definition) is 7. The molecule has 4 aromatic rings. The van der Waals surface area contributed by atoms with Crippen molar-refractivity contribution in [2.45, 2.75) is 31.8 Å². The minimum absolute atomic E-state index is 0.0275. The molecule has 0 radical (unpaired) electrons. The van der Waals surface area contributed by atoms with Crippen molar-refractivity contribution in [1.29, 1.82) is 0 Å². The maximum absolute atomic E-state index is 11.4. The van der Waals surface area contributed by atoms with Gasteiger partial charge in [-0.05, 0) is 54.3 Å². The summed E-state index contributed by atoms with van der Waals surface area (Å²) in [4.78, 5) is 26.5. The molecule has 1 fully saturated rings. The second kappa shape index (κ2) is 11.1. The van der Waals surface area contributed by atoms with Gasteiger partial charge in [-0.1, -0.05) is 23.7 Å². The monoisotopic (exact) mass is 546 g/mol. The Kier molecular flexibility index (Phi) is 7.26. The average molecular weight is 547 g/mol. The van der Waals surface area contributed by atoms with Crippen molar-refractivity contribution < 1.29 is 14.3 Å². The Morgan fingerprint density at radius 3 is 2.82 bits per heavy atom. The molecule has 0 spiro atoms. The van der Waals surface area contributed by atoms with Gasteiger partial charge in [0.05, 0.1) is 23.5 Å². The highest BCUT2D eigenvalue weighted by Crippen LogP contribution is 2.33. The van der Waals surface area contributed by atoms with E-state index in [9.17, 15) is 4.79 Å². The van der Waals surface area contributed by atoms with E-state index in [2.05, 4.69) is 43.7 Å². The smallest absolute Gasteiger partial charge is 0.257 e. The van der Waals surface area contributed by atoms with Gasteiger partial charge in [0.25, 0.3) is 5.91 Å². The van der Waals surface area contributed by atoms with Gasteiger partial charge in [-0.2, -0.15) is 0 Å². The van der Waals surface area contributed by atoms with Gasteiger partial charge in [-0.15, -0.1) is 0 Å². The lowest BCUT2D eigenvalue weighted by Crippen LogP contribution is -2.38. The highest BCUT2D eigenvalue weighted by atomic mass is 35.5. The number of likely N-dealkylation sites (tertiary alicyclic amines) is 1. The number of nitrogens with zero attached hydrogens (tertiary/aromatic N) is 3. The van der Waals surface area contributed by atoms with Crippen LogP contribution in [0, 0.1) is 0 Å². The Morgan fingerprint density at radius 1 is 1.21 bits per heavy atom. The Labute approximate surface area is 231 Å². The zero-order valence-corrected chi connectivity index (χ0v) is 22.6. The van der Waals surface area contributed by atoms with Crippen LogP contribution in [-0.2, 0) is 17.8 Å². The molecule has 0 bridgehead atoms. The van der Waals surface area contributed by atoms with Crippen LogP contribution < -0.4 is 20.1 Å². The molecule has 202 valence electrons. The van der Waals surface area contributed by atoms with E-state index in [1.807, 2.05) is 24.3 Å². The number of fused-ring (bicyclic) bond motifs is 2. The van der Waals surface area contributed by atoms with Gasteiger partial charge in [0, 0.05) is 44.7 Å². The molecule has 3 N–H and O–H groups in total. The first-order valence-electron chi connectivity index (χ1n) is 13.3. The number of anilines is 1. The number of aromatic amines is 1. The molecule has 9 nitrogen and oxygen atoms in total. The molecule has 39 heavy (non-hydrogen) atoms. The van der Waals surface area contributed by atoms with Crippen molar-refractivity contribution in [3.05, 3.63) is 64.8 Å². The van der Waals surface area contributed by atoms with Crippen LogP contribution in [0.15, 0.2) is 48.7 Å². The number of hydrogen-bond donors (Lipinski definition) is 3. The van der Waals surface area contributed by atoms with E-state index >= 15 is 0 Å². The van der Waals surface area contributed by atoms with E-state index in [1.165, 1.54) is 11.1 Å². The number of rotatable bonds is 8. The van der Waals surface area contributed by atoms with Gasteiger partial charge in [-0.3, -0.25) is 9.69 Å². The second-order valence-corrected chi connectivity index (χ2v) is 10.4. The zero-order chi connectivity index (χ0) is 26.8. The Bertz CT molecular complexity index is 1480. The van der Waals surface area contributed by atoms with Gasteiger partial charge < -0.3 is 25.1 Å². The topological polar surface area (TPSA) is 104 Å². The molecule has 10 heteroatoms. The normalized spacial score (nSPS) is 15.6. The van der Waals surface area contributed by atoms with Crippen molar-refractivity contribution in [3.63, 3.8) is 0 Å². The average Bonchev–Trinajstić information content (AvgIpc) is 3.62. The molecular formula is C29H31ClN6O3. The highest BCUT2D eigenvalue weighted by molar-refractivity contribution is 6.34. The highest BCUT2D eigenvalue weighted by Gasteiger charge is 2.23. The van der Waals surface area contributed by atoms with Crippen LogP contribution in [-0.4, -0.2) is 65.2 Å². The molecule has 0 unspecified atom stereocenters. The number of aromatic nitrogens is 3. The van der Waals surface area contributed by atoms with Crippen LogP contribution in [0.2, 0.25) is 5.02 Å². The van der Waals surface area contributed by atoms with Crippen molar-refractivity contribution in [2.75, 3.05) is 38.7 Å². The molecule has 0 saturated carbocycles. The number of halogens is 1. The number of carbonyl (C=O) groups excluding carboxylic acids is 1. The standard InChI is InChI=1S/C29H31ClN6O3/c1-31-25(37)17-39-22-5-3-19(4-6-22)28-34-27-26(23(30)15-32-29(27)35-28)33-21-8-11-36(12-9-21)16-18-2-7-24-20(14-18)10-13-38-24/h2-7,14-15,21H,8-13,16-17H2,1H3,(H,31,37)(H2,32,33,34,35). The molecule has 2 aliphatic rings. The van der Waals surface area contributed by atoms with Crippen LogP contribution in [0.25, 0.3) is 22.6 Å². The lowest BCUT2D eigenvalue weighted by Gasteiger charge is -2.33. The molecule has 2 aromatic heterocycles. The summed E-state index contributed by atoms with van der Waals surface area (Å²) in [6.07, 6.45) is 4.70. The SMILES string of the molecule is CNC(=O)COc1ccc(-c2nc3ncc(Cl)c(NC4CCN(Cc5ccc6c(c5)CCO6)CC4)c3[nH]2)cc1. The van der Waals surface area contributed by atoms with E-state index in [0.717, 1.165) is 68.0 Å². The summed E-state index contributed by atoms with van der Waals surface area (Å²) in [7, 11) is 1.58. The Balaban J connectivity index is 1.11. The van der Waals surface area contributed by atoms with E-state index in [4.69, 9.17) is 26.1 Å². The minimum Gasteiger partial charge on any atom is -0.493 e. The molecule has 1 saturated heterocycles. The van der Waals surface area contributed by atoms with Crippen LogP contribution in [0.4, 0.5) is 5.69 Å². The van der Waals surface area contributed by atoms with E-state index in [0.29, 0.717) is 28.3 Å². The number of pyridine rings is 1. The van der Waals surface area contributed by atoms with Crippen LogP contribution in [0.1, 0.15) is 24.0 Å². The lowest BCUT2D eigenvalue weighted by atomic mass is 10.0. The maximum atomic E-state index is 11.4. The molecule has 1 amide bonds. The number of nitrogens with one attached hydrogen (secondary N) is 3. The van der Waals surface area contributed by atoms with Crippen LogP contribution >= 0.6 is 11.6 Å². The fourth-order valence-electron chi connectivity index (χ4n) is 5.18. The Hall–Kier alpha value is -3.82. The van der Waals surface area contributed by atoms with E-state index < -0.39 is 0 Å². The van der Waals surface area contributed by atoms with Gasteiger partial charge in [0.15, 0.2) is 12.3 Å². The predicted octanol–water partition coefficient (Wildman–Crippen LogP) is 4.41. The summed E-state index contributed by atoms with van der Waals surface area (Å²) in [6, 6.07) is 14.3. The molecule has 0 atom stereocenters. The lowest BCUT2D eigenvalue weighted by molar-refractivity contribution is -0.122. The fourth-order valence-corrected chi connectivity index (χ4v) is 5.38. The number of piperidine rings is 1. The number of H-pyrrole nitrogens is 1. The van der Waals surface area contributed by atoms with Crippen molar-refractivity contribution in [2.24, 2.45) is 0 Å². The molecule has 4 heterocycles. The number of likely N-dealkylation sites (N-methyl/N-ethyl adjacent to an activating group) is 1. The van der Waals surface area contributed by atoms with Crippen molar-refractivity contribution in [3.8, 4) is 22.9 Å². The predicted molar refractivity (Wildman–Crippen MR) is 151 cm³/mol. The van der Waals surface area contributed by atoms with Crippen molar-refractivity contribution >= 4 is 34.4 Å². The number of amides is 1. The van der Waals surface area contributed by atoms with Gasteiger partial charge in [0.2, 0.25) is 0 Å². The molecule has 6 rings (SSSR count). The first kappa shape index (κ1) is 25.5. The third kappa shape index (κ3) is 5.65. The molecule has 2 aromatic carbocycles. The number of carbonyl (C=O) groups is 1. The van der Waals surface area contributed by atoms with Crippen molar-refractivity contribution in [1.82, 2.24) is 25.2 Å². The summed E-state index contributed by atoms with van der Waals surface area (Å²) in [6.45, 7) is 3.75. The molecule has 0 aliphatic carbocycles. The third-order valence-electron chi connectivity index (χ3n) is 7.35. The van der Waals surface area contributed by atoms with Crippen LogP contribution in [0.5, 0.6) is 11.5 Å².